The third kappa shape index (κ3) is 3.01. The quantitative estimate of drug-likeness (QED) is 0.912. The fraction of sp³-hybridized carbons (Fsp3) is 0.429. The Balaban J connectivity index is 1.67. The SMILES string of the molecule is OC(Cc1nc(Cc2ccc(F)cc2F)no1)C1CC1. The lowest BCUT2D eigenvalue weighted by Gasteiger charge is -2.03. The van der Waals surface area contributed by atoms with Crippen LogP contribution in [-0.2, 0) is 12.8 Å². The molecule has 1 N–H and O–H groups in total. The van der Waals surface area contributed by atoms with E-state index in [4.69, 9.17) is 4.52 Å². The number of hydrogen-bond acceptors (Lipinski definition) is 4. The van der Waals surface area contributed by atoms with Gasteiger partial charge in [0.2, 0.25) is 5.89 Å². The van der Waals surface area contributed by atoms with Gasteiger partial charge in [0.05, 0.1) is 12.5 Å². The summed E-state index contributed by atoms with van der Waals surface area (Å²) in [5.74, 6) is -0.239. The second-order valence-corrected chi connectivity index (χ2v) is 5.13. The number of hydrogen-bond donors (Lipinski definition) is 1. The molecule has 0 aliphatic heterocycles. The van der Waals surface area contributed by atoms with Gasteiger partial charge in [0.15, 0.2) is 5.82 Å². The van der Waals surface area contributed by atoms with Gasteiger partial charge in [-0.15, -0.1) is 0 Å². The zero-order valence-electron chi connectivity index (χ0n) is 10.7. The molecule has 1 heterocycles. The van der Waals surface area contributed by atoms with Gasteiger partial charge >= 0.3 is 0 Å². The molecule has 0 bridgehead atoms. The number of halogens is 2. The molecule has 4 nitrogen and oxygen atoms in total. The van der Waals surface area contributed by atoms with E-state index in [2.05, 4.69) is 10.1 Å². The average molecular weight is 280 g/mol. The van der Waals surface area contributed by atoms with Crippen molar-refractivity contribution in [3.05, 3.63) is 47.1 Å². The second-order valence-electron chi connectivity index (χ2n) is 5.13. The van der Waals surface area contributed by atoms with Crippen LogP contribution in [0.5, 0.6) is 0 Å². The van der Waals surface area contributed by atoms with Gasteiger partial charge in [0.1, 0.15) is 11.6 Å². The summed E-state index contributed by atoms with van der Waals surface area (Å²) in [6.07, 6.45) is 2.07. The van der Waals surface area contributed by atoms with Crippen molar-refractivity contribution in [2.24, 2.45) is 5.92 Å². The van der Waals surface area contributed by atoms with E-state index < -0.39 is 17.7 Å². The minimum Gasteiger partial charge on any atom is -0.392 e. The highest BCUT2D eigenvalue weighted by Gasteiger charge is 2.31. The Bertz CT molecular complexity index is 611. The van der Waals surface area contributed by atoms with E-state index >= 15 is 0 Å². The van der Waals surface area contributed by atoms with Gasteiger partial charge in [-0.3, -0.25) is 0 Å². The van der Waals surface area contributed by atoms with Gasteiger partial charge in [-0.05, 0) is 30.4 Å². The summed E-state index contributed by atoms with van der Waals surface area (Å²) in [4.78, 5) is 4.12. The first-order chi connectivity index (χ1) is 9.61. The highest BCUT2D eigenvalue weighted by molar-refractivity contribution is 5.21. The van der Waals surface area contributed by atoms with Crippen LogP contribution >= 0.6 is 0 Å². The van der Waals surface area contributed by atoms with Crippen LogP contribution in [0.15, 0.2) is 22.7 Å². The van der Waals surface area contributed by atoms with Crippen LogP contribution in [0.4, 0.5) is 8.78 Å². The predicted molar refractivity (Wildman–Crippen MR) is 65.9 cm³/mol. The highest BCUT2D eigenvalue weighted by atomic mass is 19.1. The summed E-state index contributed by atoms with van der Waals surface area (Å²) in [6, 6.07) is 3.38. The molecule has 1 aliphatic carbocycles. The summed E-state index contributed by atoms with van der Waals surface area (Å²) >= 11 is 0. The van der Waals surface area contributed by atoms with Crippen molar-refractivity contribution in [3.63, 3.8) is 0 Å². The molecule has 1 unspecified atom stereocenters. The summed E-state index contributed by atoms with van der Waals surface area (Å²) in [5.41, 5.74) is 0.307. The molecule has 0 saturated heterocycles. The third-order valence-corrected chi connectivity index (χ3v) is 3.42. The number of rotatable bonds is 5. The fourth-order valence-electron chi connectivity index (χ4n) is 2.11. The van der Waals surface area contributed by atoms with Crippen LogP contribution in [0.2, 0.25) is 0 Å². The molecule has 0 amide bonds. The molecule has 106 valence electrons. The zero-order chi connectivity index (χ0) is 14.1. The van der Waals surface area contributed by atoms with E-state index in [9.17, 15) is 13.9 Å². The Labute approximate surface area is 114 Å². The fourth-order valence-corrected chi connectivity index (χ4v) is 2.11. The number of aromatic nitrogens is 2. The molecule has 1 saturated carbocycles. The van der Waals surface area contributed by atoms with Gasteiger partial charge in [-0.1, -0.05) is 11.2 Å². The molecule has 2 aromatic rings. The second kappa shape index (κ2) is 5.28. The van der Waals surface area contributed by atoms with Crippen LogP contribution in [0.25, 0.3) is 0 Å². The number of aliphatic hydroxyl groups excluding tert-OH is 1. The van der Waals surface area contributed by atoms with Gasteiger partial charge < -0.3 is 9.63 Å². The van der Waals surface area contributed by atoms with E-state index in [-0.39, 0.29) is 6.42 Å². The summed E-state index contributed by atoms with van der Waals surface area (Å²) in [7, 11) is 0. The number of nitrogens with zero attached hydrogens (tertiary/aromatic N) is 2. The van der Waals surface area contributed by atoms with Crippen molar-refractivity contribution in [1.29, 1.82) is 0 Å². The van der Waals surface area contributed by atoms with Crippen molar-refractivity contribution in [2.75, 3.05) is 0 Å². The number of benzene rings is 1. The topological polar surface area (TPSA) is 59.2 Å². The molecule has 6 heteroatoms. The minimum absolute atomic E-state index is 0.134. The van der Waals surface area contributed by atoms with Crippen molar-refractivity contribution in [1.82, 2.24) is 10.1 Å². The molecule has 3 rings (SSSR count). The van der Waals surface area contributed by atoms with Crippen LogP contribution in [0.1, 0.15) is 30.1 Å². The maximum absolute atomic E-state index is 13.5. The first-order valence-electron chi connectivity index (χ1n) is 6.55. The average Bonchev–Trinajstić information content (AvgIpc) is 3.16. The standard InChI is InChI=1S/C14H14F2N2O2/c15-10-4-3-9(11(16)6-10)5-13-17-14(20-18-13)7-12(19)8-1-2-8/h3-4,6,8,12,19H,1-2,5,7H2. The lowest BCUT2D eigenvalue weighted by atomic mass is 10.1. The van der Waals surface area contributed by atoms with Crippen LogP contribution in [0.3, 0.4) is 0 Å². The lowest BCUT2D eigenvalue weighted by Crippen LogP contribution is -2.12. The van der Waals surface area contributed by atoms with Gasteiger partial charge in [0, 0.05) is 12.5 Å². The smallest absolute Gasteiger partial charge is 0.229 e. The molecular weight excluding hydrogens is 266 g/mol. The van der Waals surface area contributed by atoms with Crippen molar-refractivity contribution >= 4 is 0 Å². The maximum atomic E-state index is 13.5. The predicted octanol–water partition coefficient (Wildman–Crippen LogP) is 2.25. The Hall–Kier alpha value is -1.82. The summed E-state index contributed by atoms with van der Waals surface area (Å²) < 4.78 is 31.3. The Kier molecular flexibility index (Phi) is 3.48. The minimum atomic E-state index is -0.630. The first-order valence-corrected chi connectivity index (χ1v) is 6.55. The van der Waals surface area contributed by atoms with E-state index in [1.165, 1.54) is 12.1 Å². The van der Waals surface area contributed by atoms with Gasteiger partial charge in [0.25, 0.3) is 0 Å². The summed E-state index contributed by atoms with van der Waals surface area (Å²) in [6.45, 7) is 0. The maximum Gasteiger partial charge on any atom is 0.229 e. The monoisotopic (exact) mass is 280 g/mol. The van der Waals surface area contributed by atoms with E-state index in [1.54, 1.807) is 0 Å². The molecule has 1 aromatic carbocycles. The molecule has 0 spiro atoms. The van der Waals surface area contributed by atoms with E-state index in [0.29, 0.717) is 29.6 Å². The lowest BCUT2D eigenvalue weighted by molar-refractivity contribution is 0.140. The first kappa shape index (κ1) is 13.2. The molecule has 1 atom stereocenters. The van der Waals surface area contributed by atoms with Gasteiger partial charge in [-0.2, -0.15) is 4.98 Å². The normalized spacial score (nSPS) is 16.4. The molecular formula is C14H14F2N2O2. The van der Waals surface area contributed by atoms with Crippen LogP contribution < -0.4 is 0 Å². The molecule has 20 heavy (non-hydrogen) atoms. The van der Waals surface area contributed by atoms with E-state index in [0.717, 1.165) is 18.9 Å². The van der Waals surface area contributed by atoms with Crippen LogP contribution in [-0.4, -0.2) is 21.4 Å². The molecule has 1 fully saturated rings. The summed E-state index contributed by atoms with van der Waals surface area (Å²) in [5, 5.41) is 13.5. The zero-order valence-corrected chi connectivity index (χ0v) is 10.7. The van der Waals surface area contributed by atoms with Gasteiger partial charge in [-0.25, -0.2) is 8.78 Å². The Morgan fingerprint density at radius 1 is 1.35 bits per heavy atom. The van der Waals surface area contributed by atoms with Crippen molar-refractivity contribution in [3.8, 4) is 0 Å². The Morgan fingerprint density at radius 2 is 2.15 bits per heavy atom. The molecule has 0 radical (unpaired) electrons. The highest BCUT2D eigenvalue weighted by Crippen LogP contribution is 2.33. The number of aliphatic hydroxyl groups is 1. The molecule has 1 aliphatic rings. The van der Waals surface area contributed by atoms with Crippen molar-refractivity contribution < 1.29 is 18.4 Å². The van der Waals surface area contributed by atoms with E-state index in [1.807, 2.05) is 0 Å². The van der Waals surface area contributed by atoms with Crippen molar-refractivity contribution in [2.45, 2.75) is 31.8 Å². The largest absolute Gasteiger partial charge is 0.392 e. The third-order valence-electron chi connectivity index (χ3n) is 3.42. The van der Waals surface area contributed by atoms with Crippen LogP contribution in [0, 0.1) is 17.6 Å². The Morgan fingerprint density at radius 3 is 2.85 bits per heavy atom. The molecule has 1 aromatic heterocycles.